The van der Waals surface area contributed by atoms with Gasteiger partial charge in [0.25, 0.3) is 0 Å². The molecule has 8 aromatic carbocycles. The highest BCUT2D eigenvalue weighted by Gasteiger charge is 2.39. The van der Waals surface area contributed by atoms with Crippen molar-refractivity contribution in [2.45, 2.75) is 107 Å². The fraction of sp³-hybridized carbons (Fsp3) is 0.364. The van der Waals surface area contributed by atoms with Crippen molar-refractivity contribution in [3.8, 4) is 46.0 Å². The van der Waals surface area contributed by atoms with Crippen LogP contribution in [0, 0.1) is 27.7 Å². The average Bonchev–Trinajstić information content (AvgIpc) is 0.734. The van der Waals surface area contributed by atoms with E-state index in [9.17, 15) is 38.4 Å². The van der Waals surface area contributed by atoms with Gasteiger partial charge in [-0.1, -0.05) is 119 Å². The van der Waals surface area contributed by atoms with Crippen LogP contribution in [-0.2, 0) is 76.3 Å². The van der Waals surface area contributed by atoms with Crippen molar-refractivity contribution in [3.05, 3.63) is 235 Å². The van der Waals surface area contributed by atoms with E-state index in [1.807, 2.05) is 149 Å². The highest BCUT2D eigenvalue weighted by atomic mass is 16.6. The highest BCUT2D eigenvalue weighted by molar-refractivity contribution is 5.77. The molecule has 8 aromatic rings. The molecule has 0 heterocycles. The van der Waals surface area contributed by atoms with Crippen LogP contribution >= 0.6 is 0 Å². The van der Waals surface area contributed by atoms with Crippen LogP contribution in [0.4, 0.5) is 0 Å². The smallest absolute Gasteiger partial charge is 0.344 e. The molecule has 0 unspecified atom stereocenters. The second kappa shape index (κ2) is 41.1. The first kappa shape index (κ1) is 83.9. The van der Waals surface area contributed by atoms with Gasteiger partial charge in [0, 0.05) is 92.4 Å². The van der Waals surface area contributed by atoms with Gasteiger partial charge in [-0.2, -0.15) is 0 Å². The van der Waals surface area contributed by atoms with E-state index in [1.165, 1.54) is 0 Å². The molecule has 1 aliphatic rings. The quantitative estimate of drug-likeness (QED) is 0.0260. The summed E-state index contributed by atoms with van der Waals surface area (Å²) < 4.78 is 98.8. The maximum absolute atomic E-state index is 14.0. The number of fused-ring (bicyclic) bond motifs is 8. The van der Waals surface area contributed by atoms with Crippen LogP contribution in [0.5, 0.6) is 46.0 Å². The van der Waals surface area contributed by atoms with E-state index in [1.54, 1.807) is 79.7 Å². The van der Waals surface area contributed by atoms with Crippen LogP contribution < -0.4 is 37.9 Å². The molecular weight excluding hydrogens is 1440 g/mol. The van der Waals surface area contributed by atoms with Crippen molar-refractivity contribution in [3.63, 3.8) is 0 Å². The van der Waals surface area contributed by atoms with Crippen LogP contribution in [0.1, 0.15) is 168 Å². The zero-order valence-corrected chi connectivity index (χ0v) is 65.3. The van der Waals surface area contributed by atoms with Crippen molar-refractivity contribution >= 4 is 47.8 Å². The minimum atomic E-state index is -1.18. The minimum absolute atomic E-state index is 0.00133. The zero-order chi connectivity index (χ0) is 80.4. The number of carbonyl (C=O) groups is 8. The largest absolute Gasteiger partial charge is 0.481 e. The molecule has 0 radical (unpaired) electrons. The molecule has 0 N–H and O–H groups in total. The van der Waals surface area contributed by atoms with Gasteiger partial charge in [0.2, 0.25) is 0 Å². The number of benzene rings is 8. The van der Waals surface area contributed by atoms with E-state index in [4.69, 9.17) is 75.8 Å². The Morgan fingerprint density at radius 1 is 0.214 bits per heavy atom. The van der Waals surface area contributed by atoms with Gasteiger partial charge < -0.3 is 75.8 Å². The van der Waals surface area contributed by atoms with Gasteiger partial charge in [-0.3, -0.25) is 0 Å². The maximum Gasteiger partial charge on any atom is 0.344 e. The molecule has 0 saturated heterocycles. The standard InChI is InChI=1S/C88H96O24/c1-13-97-77(89)45-105-69-41-70(106-46-78(90)98-14-2)62-37-61(69)85(57-29-21-25-53(9)33-57)63-38-64(72(108-48-80(92)100-16-4)42-71(63)107-47-79(91)99-15-3)87(59-31-23-27-55(11)35-59)67-40-68(76(112-52-84(96)104-20-8)44-75(67)111-51-83(95)103-19-7)88(60-32-24-28-56(12)36-60)66-39-65(86(62)58-30-22-26-54(10)34-58)73(109-49-81(93)101-17-5)43-74(66)110-50-82(94)102-18-6/h21-44,85-88H,13-20,45-52H2,1-12H3. The first-order chi connectivity index (χ1) is 54.1. The van der Waals surface area contributed by atoms with Crippen LogP contribution in [0.3, 0.4) is 0 Å². The van der Waals surface area contributed by atoms with Crippen LogP contribution in [0.15, 0.2) is 146 Å². The topological polar surface area (TPSA) is 284 Å². The highest BCUT2D eigenvalue weighted by Crippen LogP contribution is 2.55. The van der Waals surface area contributed by atoms with Gasteiger partial charge in [-0.25, -0.2) is 38.4 Å². The van der Waals surface area contributed by atoms with E-state index in [0.29, 0.717) is 66.8 Å². The predicted octanol–water partition coefficient (Wildman–Crippen LogP) is 13.5. The van der Waals surface area contributed by atoms with Gasteiger partial charge >= 0.3 is 47.8 Å². The zero-order valence-electron chi connectivity index (χ0n) is 65.3. The summed E-state index contributed by atoms with van der Waals surface area (Å²) in [7, 11) is 0. The number of ether oxygens (including phenoxy) is 16. The second-order valence-corrected chi connectivity index (χ2v) is 25.8. The monoisotopic (exact) mass is 1540 g/mol. The SMILES string of the molecule is CCOC(=O)COc1cc(OCC(=O)OCC)c2cc1C(c1cccc(C)c1)c1cc(c(OCC(=O)OCC)cc1OCC(=O)OCC)C(c1cccc(C)c1)c1cc(c(OCC(=O)OCC)cc1OCC(=O)OCC)C(c1cccc(C)c1)c1cc(c(OCC(=O)OCC)cc1OCC(=O)OCC)C2c1cccc(C)c1. The van der Waals surface area contributed by atoms with Gasteiger partial charge in [0.1, 0.15) is 46.0 Å². The molecule has 0 spiro atoms. The minimum Gasteiger partial charge on any atom is -0.481 e. The molecule has 1 aliphatic carbocycles. The molecule has 9 rings (SSSR count). The van der Waals surface area contributed by atoms with Crippen molar-refractivity contribution in [1.29, 1.82) is 0 Å². The second-order valence-electron chi connectivity index (χ2n) is 25.8. The van der Waals surface area contributed by atoms with Gasteiger partial charge in [-0.05, 0) is 130 Å². The third kappa shape index (κ3) is 22.1. The Morgan fingerprint density at radius 2 is 0.357 bits per heavy atom. The van der Waals surface area contributed by atoms with Crippen molar-refractivity contribution in [2.75, 3.05) is 106 Å². The summed E-state index contributed by atoms with van der Waals surface area (Å²) in [4.78, 5) is 112. The molecule has 0 fully saturated rings. The number of rotatable bonds is 36. The Balaban J connectivity index is 1.66. The van der Waals surface area contributed by atoms with Crippen molar-refractivity contribution in [1.82, 2.24) is 0 Å². The summed E-state index contributed by atoms with van der Waals surface area (Å²) in [5, 5.41) is 0. The molecule has 112 heavy (non-hydrogen) atoms. The van der Waals surface area contributed by atoms with Crippen LogP contribution in [0.2, 0.25) is 0 Å². The lowest BCUT2D eigenvalue weighted by Crippen LogP contribution is -2.22. The van der Waals surface area contributed by atoms with E-state index < -0.39 is 124 Å². The molecular formula is C88H96O24. The van der Waals surface area contributed by atoms with E-state index in [2.05, 4.69) is 0 Å². The summed E-state index contributed by atoms with van der Waals surface area (Å²) in [6, 6.07) is 43.8. The number of carbonyl (C=O) groups excluding carboxylic acids is 8. The molecule has 24 nitrogen and oxygen atoms in total. The maximum atomic E-state index is 14.0. The normalized spacial score (nSPS) is 14.0. The van der Waals surface area contributed by atoms with Crippen molar-refractivity contribution in [2.24, 2.45) is 0 Å². The van der Waals surface area contributed by atoms with Crippen LogP contribution in [-0.4, -0.2) is 153 Å². The Kier molecular flexibility index (Phi) is 30.8. The molecule has 0 atom stereocenters. The Morgan fingerprint density at radius 3 is 0.482 bits per heavy atom. The van der Waals surface area contributed by atoms with Gasteiger partial charge in [-0.15, -0.1) is 0 Å². The number of hydrogen-bond donors (Lipinski definition) is 0. The summed E-state index contributed by atoms with van der Waals surface area (Å²) in [5.74, 6) is -10.7. The molecule has 8 bridgehead atoms. The van der Waals surface area contributed by atoms with Gasteiger partial charge in [0.05, 0.1) is 52.9 Å². The molecule has 24 heteroatoms. The van der Waals surface area contributed by atoms with Crippen molar-refractivity contribution < 1.29 is 114 Å². The van der Waals surface area contributed by atoms with E-state index in [-0.39, 0.29) is 98.9 Å². The summed E-state index contributed by atoms with van der Waals surface area (Å²) >= 11 is 0. The molecule has 0 saturated carbocycles. The first-order valence-electron chi connectivity index (χ1n) is 37.4. The molecule has 0 aliphatic heterocycles. The fourth-order valence-electron chi connectivity index (χ4n) is 13.4. The number of hydrogen-bond acceptors (Lipinski definition) is 24. The number of esters is 8. The predicted molar refractivity (Wildman–Crippen MR) is 411 cm³/mol. The van der Waals surface area contributed by atoms with E-state index in [0.717, 1.165) is 22.3 Å². The third-order valence-corrected chi connectivity index (χ3v) is 17.8. The van der Waals surface area contributed by atoms with Gasteiger partial charge in [0.15, 0.2) is 52.9 Å². The summed E-state index contributed by atoms with van der Waals surface area (Å²) in [6.45, 7) is 15.4. The lowest BCUT2D eigenvalue weighted by Gasteiger charge is -2.33. The fourth-order valence-corrected chi connectivity index (χ4v) is 13.4. The first-order valence-corrected chi connectivity index (χ1v) is 37.4. The van der Waals surface area contributed by atoms with E-state index >= 15 is 0 Å². The third-order valence-electron chi connectivity index (χ3n) is 17.8. The summed E-state index contributed by atoms with van der Waals surface area (Å²) in [5.41, 5.74) is 7.71. The Labute approximate surface area is 652 Å². The molecule has 592 valence electrons. The Hall–Kier alpha value is -12.1. The molecule has 0 aromatic heterocycles. The lowest BCUT2D eigenvalue weighted by molar-refractivity contribution is -0.146. The summed E-state index contributed by atoms with van der Waals surface area (Å²) in [6.07, 6.45) is 0. The average molecular weight is 1540 g/mol. The van der Waals surface area contributed by atoms with Crippen LogP contribution in [0.25, 0.3) is 0 Å². The number of aryl methyl sites for hydroxylation is 4. The Bertz CT molecular complexity index is 3890. The lowest BCUT2D eigenvalue weighted by atomic mass is 9.74. The molecule has 0 amide bonds.